The summed E-state index contributed by atoms with van der Waals surface area (Å²) in [4.78, 5) is 14.7. The number of halogens is 1. The number of amides is 1. The summed E-state index contributed by atoms with van der Waals surface area (Å²) in [5, 5.41) is 3.21. The molecular weight excluding hydrogens is 328 g/mol. The lowest BCUT2D eigenvalue weighted by molar-refractivity contribution is -0.135. The number of rotatable bonds is 5. The molecule has 1 aromatic rings. The van der Waals surface area contributed by atoms with Crippen molar-refractivity contribution in [3.63, 3.8) is 0 Å². The minimum atomic E-state index is 0.266. The second-order valence-electron chi connectivity index (χ2n) is 5.95. The quantitative estimate of drug-likeness (QED) is 0.878. The van der Waals surface area contributed by atoms with E-state index >= 15 is 0 Å². The zero-order chi connectivity index (χ0) is 15.2. The van der Waals surface area contributed by atoms with Gasteiger partial charge in [0.05, 0.1) is 0 Å². The molecule has 1 aliphatic heterocycles. The van der Waals surface area contributed by atoms with E-state index in [1.165, 1.54) is 12.0 Å². The van der Waals surface area contributed by atoms with Crippen LogP contribution in [-0.2, 0) is 4.79 Å². The van der Waals surface area contributed by atoms with E-state index in [9.17, 15) is 4.79 Å². The second-order valence-corrected chi connectivity index (χ2v) is 6.87. The fraction of sp³-hybridized carbons (Fsp3) is 0.588. The summed E-state index contributed by atoms with van der Waals surface area (Å²) >= 11 is 3.45. The molecule has 1 fully saturated rings. The largest absolute Gasteiger partial charge is 0.338 e. The minimum absolute atomic E-state index is 0.266. The van der Waals surface area contributed by atoms with Crippen molar-refractivity contribution in [2.75, 3.05) is 20.1 Å². The first-order chi connectivity index (χ1) is 10.1. The zero-order valence-corrected chi connectivity index (χ0v) is 14.5. The molecule has 1 amide bonds. The minimum Gasteiger partial charge on any atom is -0.338 e. The summed E-state index contributed by atoms with van der Waals surface area (Å²) < 4.78 is 1.08. The van der Waals surface area contributed by atoms with Crippen molar-refractivity contribution in [3.05, 3.63) is 34.3 Å². The van der Waals surface area contributed by atoms with Crippen LogP contribution in [0, 0.1) is 0 Å². The van der Waals surface area contributed by atoms with E-state index < -0.39 is 0 Å². The maximum atomic E-state index is 12.6. The Morgan fingerprint density at radius 2 is 2.10 bits per heavy atom. The third kappa shape index (κ3) is 4.55. The molecule has 2 unspecified atom stereocenters. The molecule has 0 spiro atoms. The number of nitrogens with zero attached hydrogens (tertiary/aromatic N) is 1. The van der Waals surface area contributed by atoms with Crippen LogP contribution in [0.1, 0.15) is 44.1 Å². The number of likely N-dealkylation sites (tertiary alicyclic amines) is 1. The first-order valence-corrected chi connectivity index (χ1v) is 8.60. The fourth-order valence-electron chi connectivity index (χ4n) is 3.07. The standard InChI is InChI=1S/C17H25BrN2O/c1-13(14-6-8-15(18)9-7-14)11-17(21)20-10-4-3-5-16(20)12-19-2/h6-9,13,16,19H,3-5,10-12H2,1-2H3. The van der Waals surface area contributed by atoms with Crippen LogP contribution in [0.5, 0.6) is 0 Å². The third-order valence-electron chi connectivity index (χ3n) is 4.31. The van der Waals surface area contributed by atoms with Crippen LogP contribution in [0.4, 0.5) is 0 Å². The molecule has 1 saturated heterocycles. The molecule has 1 aromatic carbocycles. The van der Waals surface area contributed by atoms with Crippen molar-refractivity contribution in [3.8, 4) is 0 Å². The van der Waals surface area contributed by atoms with Crippen LogP contribution in [0.3, 0.4) is 0 Å². The maximum Gasteiger partial charge on any atom is 0.223 e. The van der Waals surface area contributed by atoms with E-state index in [1.54, 1.807) is 0 Å². The van der Waals surface area contributed by atoms with Gasteiger partial charge in [-0.05, 0) is 49.9 Å². The number of hydrogen-bond acceptors (Lipinski definition) is 2. The number of hydrogen-bond donors (Lipinski definition) is 1. The van der Waals surface area contributed by atoms with Gasteiger partial charge in [0, 0.05) is 30.0 Å². The van der Waals surface area contributed by atoms with Gasteiger partial charge in [-0.1, -0.05) is 35.0 Å². The Hall–Kier alpha value is -0.870. The SMILES string of the molecule is CNCC1CCCCN1C(=O)CC(C)c1ccc(Br)cc1. The van der Waals surface area contributed by atoms with Crippen molar-refractivity contribution >= 4 is 21.8 Å². The van der Waals surface area contributed by atoms with Gasteiger partial charge < -0.3 is 10.2 Å². The Labute approximate surface area is 136 Å². The molecule has 2 rings (SSSR count). The Balaban J connectivity index is 1.97. The molecule has 0 saturated carbocycles. The van der Waals surface area contributed by atoms with E-state index in [-0.39, 0.29) is 5.92 Å². The van der Waals surface area contributed by atoms with Gasteiger partial charge in [-0.25, -0.2) is 0 Å². The van der Waals surface area contributed by atoms with E-state index in [4.69, 9.17) is 0 Å². The molecule has 4 heteroatoms. The average Bonchev–Trinajstić information content (AvgIpc) is 2.48. The summed E-state index contributed by atoms with van der Waals surface area (Å²) in [6.45, 7) is 3.95. The highest BCUT2D eigenvalue weighted by atomic mass is 79.9. The average molecular weight is 353 g/mol. The lowest BCUT2D eigenvalue weighted by Crippen LogP contribution is -2.48. The van der Waals surface area contributed by atoms with Gasteiger partial charge in [0.15, 0.2) is 0 Å². The Kier molecular flexibility index (Phi) is 6.24. The van der Waals surface area contributed by atoms with Crippen molar-refractivity contribution in [1.29, 1.82) is 0 Å². The first kappa shape index (κ1) is 16.5. The number of nitrogens with one attached hydrogen (secondary N) is 1. The van der Waals surface area contributed by atoms with Crippen LogP contribution in [0.25, 0.3) is 0 Å². The van der Waals surface area contributed by atoms with Gasteiger partial charge in [-0.3, -0.25) is 4.79 Å². The number of likely N-dealkylation sites (N-methyl/N-ethyl adjacent to an activating group) is 1. The van der Waals surface area contributed by atoms with Crippen molar-refractivity contribution in [2.45, 2.75) is 44.6 Å². The summed E-state index contributed by atoms with van der Waals surface area (Å²) in [7, 11) is 1.96. The first-order valence-electron chi connectivity index (χ1n) is 7.81. The number of benzene rings is 1. The van der Waals surface area contributed by atoms with Crippen LogP contribution in [0.2, 0.25) is 0 Å². The smallest absolute Gasteiger partial charge is 0.223 e. The normalized spacial score (nSPS) is 20.3. The summed E-state index contributed by atoms with van der Waals surface area (Å²) in [6, 6.07) is 8.66. The molecule has 0 radical (unpaired) electrons. The molecule has 1 aliphatic rings. The molecular formula is C17H25BrN2O. The lowest BCUT2D eigenvalue weighted by atomic mass is 9.95. The molecule has 116 valence electrons. The van der Waals surface area contributed by atoms with Gasteiger partial charge in [0.2, 0.25) is 5.91 Å². The van der Waals surface area contributed by atoms with Crippen molar-refractivity contribution in [2.24, 2.45) is 0 Å². The Bertz CT molecular complexity index is 458. The van der Waals surface area contributed by atoms with E-state index in [1.807, 2.05) is 19.2 Å². The van der Waals surface area contributed by atoms with Gasteiger partial charge in [0.25, 0.3) is 0 Å². The topological polar surface area (TPSA) is 32.3 Å². The van der Waals surface area contributed by atoms with Crippen LogP contribution >= 0.6 is 15.9 Å². The van der Waals surface area contributed by atoms with Gasteiger partial charge >= 0.3 is 0 Å². The Morgan fingerprint density at radius 3 is 2.76 bits per heavy atom. The van der Waals surface area contributed by atoms with Gasteiger partial charge in [-0.15, -0.1) is 0 Å². The third-order valence-corrected chi connectivity index (χ3v) is 4.84. The second kappa shape index (κ2) is 7.95. The van der Waals surface area contributed by atoms with Crippen molar-refractivity contribution < 1.29 is 4.79 Å². The molecule has 0 aromatic heterocycles. The van der Waals surface area contributed by atoms with E-state index in [2.05, 4.69) is 45.2 Å². The van der Waals surface area contributed by atoms with Crippen LogP contribution in [-0.4, -0.2) is 37.0 Å². The molecule has 2 atom stereocenters. The molecule has 21 heavy (non-hydrogen) atoms. The predicted octanol–water partition coefficient (Wildman–Crippen LogP) is 3.54. The highest BCUT2D eigenvalue weighted by Crippen LogP contribution is 2.24. The monoisotopic (exact) mass is 352 g/mol. The fourth-order valence-corrected chi connectivity index (χ4v) is 3.33. The Morgan fingerprint density at radius 1 is 1.38 bits per heavy atom. The molecule has 3 nitrogen and oxygen atoms in total. The summed E-state index contributed by atoms with van der Waals surface area (Å²) in [5.41, 5.74) is 1.23. The van der Waals surface area contributed by atoms with E-state index in [0.29, 0.717) is 18.4 Å². The lowest BCUT2D eigenvalue weighted by Gasteiger charge is -2.36. The number of piperidine rings is 1. The zero-order valence-electron chi connectivity index (χ0n) is 12.9. The highest BCUT2D eigenvalue weighted by Gasteiger charge is 2.27. The summed E-state index contributed by atoms with van der Waals surface area (Å²) in [6.07, 6.45) is 4.10. The van der Waals surface area contributed by atoms with Crippen LogP contribution in [0.15, 0.2) is 28.7 Å². The number of carbonyl (C=O) groups excluding carboxylic acids is 1. The number of carbonyl (C=O) groups is 1. The van der Waals surface area contributed by atoms with Crippen LogP contribution < -0.4 is 5.32 Å². The summed E-state index contributed by atoms with van der Waals surface area (Å²) in [5.74, 6) is 0.563. The predicted molar refractivity (Wildman–Crippen MR) is 90.5 cm³/mol. The molecule has 0 bridgehead atoms. The van der Waals surface area contributed by atoms with Crippen molar-refractivity contribution in [1.82, 2.24) is 10.2 Å². The highest BCUT2D eigenvalue weighted by molar-refractivity contribution is 9.10. The van der Waals surface area contributed by atoms with Gasteiger partial charge in [0.1, 0.15) is 0 Å². The molecule has 1 N–H and O–H groups in total. The molecule has 0 aliphatic carbocycles. The van der Waals surface area contributed by atoms with Gasteiger partial charge in [-0.2, -0.15) is 0 Å². The molecule has 1 heterocycles. The van der Waals surface area contributed by atoms with E-state index in [0.717, 1.165) is 30.4 Å². The maximum absolute atomic E-state index is 12.6.